The zero-order valence-corrected chi connectivity index (χ0v) is 18.2. The van der Waals surface area contributed by atoms with Crippen molar-refractivity contribution in [2.45, 2.75) is 12.1 Å². The molecule has 4 atom stereocenters. The number of carbonyl (C=O) groups is 3. The van der Waals surface area contributed by atoms with Crippen LogP contribution in [0.4, 0.5) is 11.4 Å². The second-order valence-electron chi connectivity index (χ2n) is 8.53. The van der Waals surface area contributed by atoms with E-state index in [4.69, 9.17) is 11.6 Å². The summed E-state index contributed by atoms with van der Waals surface area (Å²) in [7, 11) is 0. The van der Waals surface area contributed by atoms with Crippen molar-refractivity contribution in [1.29, 1.82) is 0 Å². The van der Waals surface area contributed by atoms with Crippen molar-refractivity contribution in [2.75, 3.05) is 9.80 Å². The number of Topliss-reactive ketones (excluding diaryl/α,β-unsaturated/α-hetero) is 1. The first-order valence-electron chi connectivity index (χ1n) is 10.8. The normalized spacial score (nSPS) is 25.1. The van der Waals surface area contributed by atoms with Crippen LogP contribution < -0.4 is 9.80 Å². The molecule has 162 valence electrons. The Morgan fingerprint density at radius 2 is 1.45 bits per heavy atom. The van der Waals surface area contributed by atoms with E-state index >= 15 is 0 Å². The summed E-state index contributed by atoms with van der Waals surface area (Å²) in [5.41, 5.74) is 2.82. The highest BCUT2D eigenvalue weighted by molar-refractivity contribution is 6.30. The number of fused-ring (bicyclic) bond motifs is 5. The fourth-order valence-corrected chi connectivity index (χ4v) is 5.56. The summed E-state index contributed by atoms with van der Waals surface area (Å²) >= 11 is 6.04. The minimum Gasteiger partial charge on any atom is -0.352 e. The number of halogens is 1. The number of anilines is 2. The van der Waals surface area contributed by atoms with Gasteiger partial charge in [0.1, 0.15) is 6.04 Å². The smallest absolute Gasteiger partial charge is 0.240 e. The standard InChI is InChI=1S/C27H19ClN2O3/c28-18-13-10-17(11-14-18)25(31)24-23-22(21-15-12-16-6-4-5-9-20(16)30(21)24)26(32)29(27(23)33)19-7-2-1-3-8-19/h1-15,21-24H/t21-,22+,23-,24+/m1/s1. The van der Waals surface area contributed by atoms with E-state index in [1.54, 1.807) is 48.5 Å². The van der Waals surface area contributed by atoms with Crippen LogP contribution in [0, 0.1) is 11.8 Å². The average Bonchev–Trinajstić information content (AvgIpc) is 3.32. The molecule has 0 aliphatic carbocycles. The number of hydrogen-bond donors (Lipinski definition) is 0. The van der Waals surface area contributed by atoms with Crippen LogP contribution in [0.2, 0.25) is 5.02 Å². The molecule has 5 nitrogen and oxygen atoms in total. The molecule has 0 N–H and O–H groups in total. The lowest BCUT2D eigenvalue weighted by Crippen LogP contribution is -2.48. The Labute approximate surface area is 195 Å². The molecule has 33 heavy (non-hydrogen) atoms. The van der Waals surface area contributed by atoms with Crippen LogP contribution in [0.5, 0.6) is 0 Å². The van der Waals surface area contributed by atoms with E-state index in [9.17, 15) is 14.4 Å². The number of imide groups is 1. The molecule has 6 rings (SSSR count). The Morgan fingerprint density at radius 1 is 0.788 bits per heavy atom. The first kappa shape index (κ1) is 19.9. The number of benzene rings is 3. The van der Waals surface area contributed by atoms with Crippen LogP contribution >= 0.6 is 11.6 Å². The van der Waals surface area contributed by atoms with Crippen molar-refractivity contribution in [3.05, 3.63) is 101 Å². The summed E-state index contributed by atoms with van der Waals surface area (Å²) in [5.74, 6) is -2.19. The summed E-state index contributed by atoms with van der Waals surface area (Å²) < 4.78 is 0. The molecule has 2 amide bonds. The maximum atomic E-state index is 13.9. The van der Waals surface area contributed by atoms with Crippen molar-refractivity contribution >= 4 is 46.6 Å². The van der Waals surface area contributed by atoms with Gasteiger partial charge in [-0.3, -0.25) is 14.4 Å². The summed E-state index contributed by atoms with van der Waals surface area (Å²) in [6, 6.07) is 22.2. The lowest BCUT2D eigenvalue weighted by Gasteiger charge is -2.36. The topological polar surface area (TPSA) is 57.7 Å². The molecule has 0 radical (unpaired) electrons. The average molecular weight is 455 g/mol. The van der Waals surface area contributed by atoms with Crippen LogP contribution in [0.15, 0.2) is 84.9 Å². The van der Waals surface area contributed by atoms with Gasteiger partial charge in [0.2, 0.25) is 11.8 Å². The first-order chi connectivity index (χ1) is 16.1. The highest BCUT2D eigenvalue weighted by Crippen LogP contribution is 2.49. The van der Waals surface area contributed by atoms with E-state index in [-0.39, 0.29) is 23.6 Å². The summed E-state index contributed by atoms with van der Waals surface area (Å²) in [4.78, 5) is 44.5. The first-order valence-corrected chi connectivity index (χ1v) is 11.2. The van der Waals surface area contributed by atoms with E-state index in [1.165, 1.54) is 4.90 Å². The number of para-hydroxylation sites is 2. The third-order valence-corrected chi connectivity index (χ3v) is 7.08. The van der Waals surface area contributed by atoms with Gasteiger partial charge in [-0.25, -0.2) is 4.90 Å². The third-order valence-electron chi connectivity index (χ3n) is 6.83. The van der Waals surface area contributed by atoms with Crippen LogP contribution in [-0.4, -0.2) is 29.7 Å². The lowest BCUT2D eigenvalue weighted by molar-refractivity contribution is -0.122. The molecule has 2 fully saturated rings. The highest BCUT2D eigenvalue weighted by atomic mass is 35.5. The van der Waals surface area contributed by atoms with E-state index in [0.717, 1.165) is 11.3 Å². The molecule has 3 aliphatic heterocycles. The Bertz CT molecular complexity index is 1320. The molecule has 3 aromatic rings. The molecule has 3 heterocycles. The maximum absolute atomic E-state index is 13.9. The van der Waals surface area contributed by atoms with Gasteiger partial charge in [0.05, 0.1) is 23.6 Å². The Balaban J connectivity index is 1.50. The number of amides is 2. The second kappa shape index (κ2) is 7.42. The van der Waals surface area contributed by atoms with E-state index in [1.807, 2.05) is 47.4 Å². The Hall–Kier alpha value is -3.70. The van der Waals surface area contributed by atoms with E-state index in [0.29, 0.717) is 16.3 Å². The number of nitrogens with zero attached hydrogens (tertiary/aromatic N) is 2. The van der Waals surface area contributed by atoms with Gasteiger partial charge in [0, 0.05) is 16.3 Å². The van der Waals surface area contributed by atoms with Crippen molar-refractivity contribution < 1.29 is 14.4 Å². The molecule has 3 aromatic carbocycles. The van der Waals surface area contributed by atoms with Crippen LogP contribution in [0.25, 0.3) is 6.08 Å². The predicted molar refractivity (Wildman–Crippen MR) is 127 cm³/mol. The van der Waals surface area contributed by atoms with Crippen LogP contribution in [-0.2, 0) is 9.59 Å². The molecule has 0 spiro atoms. The molecule has 0 unspecified atom stereocenters. The van der Waals surface area contributed by atoms with Gasteiger partial charge in [0.15, 0.2) is 5.78 Å². The van der Waals surface area contributed by atoms with Crippen LogP contribution in [0.3, 0.4) is 0 Å². The molecule has 0 aromatic heterocycles. The molecule has 3 aliphatic rings. The number of rotatable bonds is 3. The van der Waals surface area contributed by atoms with Gasteiger partial charge >= 0.3 is 0 Å². The highest BCUT2D eigenvalue weighted by Gasteiger charge is 2.64. The number of carbonyl (C=O) groups excluding carboxylic acids is 3. The van der Waals surface area contributed by atoms with Gasteiger partial charge in [-0.15, -0.1) is 0 Å². The molecular formula is C27H19ClN2O3. The Kier molecular flexibility index (Phi) is 4.49. The Morgan fingerprint density at radius 3 is 2.21 bits per heavy atom. The minimum absolute atomic E-state index is 0.190. The maximum Gasteiger partial charge on any atom is 0.240 e. The quantitative estimate of drug-likeness (QED) is 0.428. The van der Waals surface area contributed by atoms with Gasteiger partial charge < -0.3 is 4.90 Å². The van der Waals surface area contributed by atoms with Gasteiger partial charge in [-0.2, -0.15) is 0 Å². The van der Waals surface area contributed by atoms with E-state index < -0.39 is 17.9 Å². The van der Waals surface area contributed by atoms with Gasteiger partial charge in [-0.1, -0.05) is 60.2 Å². The lowest BCUT2D eigenvalue weighted by atomic mass is 9.86. The number of ketones is 1. The molecular weight excluding hydrogens is 436 g/mol. The molecule has 6 heteroatoms. The zero-order valence-electron chi connectivity index (χ0n) is 17.5. The summed E-state index contributed by atoms with van der Waals surface area (Å²) in [5, 5.41) is 0.530. The molecule has 0 bridgehead atoms. The minimum atomic E-state index is -0.794. The fourth-order valence-electron chi connectivity index (χ4n) is 5.43. The molecule has 2 saturated heterocycles. The predicted octanol–water partition coefficient (Wildman–Crippen LogP) is 4.61. The summed E-state index contributed by atoms with van der Waals surface area (Å²) in [6.07, 6.45) is 3.93. The fraction of sp³-hybridized carbons (Fsp3) is 0.148. The largest absolute Gasteiger partial charge is 0.352 e. The van der Waals surface area contributed by atoms with Crippen LogP contribution in [0.1, 0.15) is 15.9 Å². The zero-order chi connectivity index (χ0) is 22.7. The van der Waals surface area contributed by atoms with Crippen molar-refractivity contribution in [1.82, 2.24) is 0 Å². The van der Waals surface area contributed by atoms with Crippen molar-refractivity contribution in [2.24, 2.45) is 11.8 Å². The SMILES string of the molecule is O=C(c1ccc(Cl)cc1)[C@@H]1[C@@H]2C(=O)N(c3ccccc3)C(=O)[C@H]2[C@H]2C=Cc3ccccc3N21. The monoisotopic (exact) mass is 454 g/mol. The van der Waals surface area contributed by atoms with Crippen molar-refractivity contribution in [3.63, 3.8) is 0 Å². The summed E-state index contributed by atoms with van der Waals surface area (Å²) in [6.45, 7) is 0. The second-order valence-corrected chi connectivity index (χ2v) is 8.97. The van der Waals surface area contributed by atoms with E-state index in [2.05, 4.69) is 0 Å². The van der Waals surface area contributed by atoms with Gasteiger partial charge in [0.25, 0.3) is 0 Å². The van der Waals surface area contributed by atoms with Crippen molar-refractivity contribution in [3.8, 4) is 0 Å². The molecule has 0 saturated carbocycles. The number of hydrogen-bond acceptors (Lipinski definition) is 4. The third kappa shape index (κ3) is 2.89. The van der Waals surface area contributed by atoms with Gasteiger partial charge in [-0.05, 0) is 48.0 Å².